The molecule has 19 heavy (non-hydrogen) atoms. The minimum absolute atomic E-state index is 0.233. The number of amides is 1. The highest BCUT2D eigenvalue weighted by Gasteiger charge is 2.19. The van der Waals surface area contributed by atoms with Crippen LogP contribution in [0.3, 0.4) is 0 Å². The minimum atomic E-state index is -0.601. The molecular weight excluding hydrogens is 250 g/mol. The Bertz CT molecular complexity index is 303. The quantitative estimate of drug-likeness (QED) is 0.504. The van der Waals surface area contributed by atoms with Crippen LogP contribution in [0, 0.1) is 0 Å². The molecule has 0 aliphatic heterocycles. The molecule has 0 aliphatic carbocycles. The van der Waals surface area contributed by atoms with Gasteiger partial charge in [0, 0.05) is 13.3 Å². The minimum Gasteiger partial charge on any atom is -0.469 e. The van der Waals surface area contributed by atoms with Crippen LogP contribution in [0.4, 0.5) is 0 Å². The van der Waals surface area contributed by atoms with Gasteiger partial charge in [-0.15, -0.1) is 0 Å². The van der Waals surface area contributed by atoms with Crippen LogP contribution in [0.15, 0.2) is 0 Å². The number of rotatable bonds is 9. The molecule has 0 aromatic carbocycles. The number of methoxy groups -OCH3 is 1. The zero-order valence-electron chi connectivity index (χ0n) is 11.9. The smallest absolute Gasteiger partial charge is 0.328 e. The van der Waals surface area contributed by atoms with Gasteiger partial charge in [-0.2, -0.15) is 0 Å². The van der Waals surface area contributed by atoms with E-state index in [1.807, 2.05) is 0 Å². The van der Waals surface area contributed by atoms with Crippen molar-refractivity contribution in [1.82, 2.24) is 5.32 Å². The molecule has 0 unspecified atom stereocenters. The number of ether oxygens (including phenoxy) is 2. The standard InChI is InChI=1S/C13H23NO5/c1-4-19-13(17)11(14-10(2)15)8-6-5-7-9-12(16)18-3/h11H,4-9H2,1-3H3,(H,14,15)/t11-/m0/s1. The Morgan fingerprint density at radius 2 is 1.84 bits per heavy atom. The summed E-state index contributed by atoms with van der Waals surface area (Å²) < 4.78 is 9.42. The van der Waals surface area contributed by atoms with Gasteiger partial charge in [-0.3, -0.25) is 9.59 Å². The number of unbranched alkanes of at least 4 members (excludes halogenated alkanes) is 2. The maximum Gasteiger partial charge on any atom is 0.328 e. The Labute approximate surface area is 113 Å². The lowest BCUT2D eigenvalue weighted by molar-refractivity contribution is -0.147. The summed E-state index contributed by atoms with van der Waals surface area (Å²) in [7, 11) is 1.36. The van der Waals surface area contributed by atoms with Gasteiger partial charge in [0.15, 0.2) is 0 Å². The van der Waals surface area contributed by atoms with Crippen LogP contribution < -0.4 is 5.32 Å². The third-order valence-corrected chi connectivity index (χ3v) is 2.55. The van der Waals surface area contributed by atoms with E-state index in [4.69, 9.17) is 4.74 Å². The van der Waals surface area contributed by atoms with E-state index in [2.05, 4.69) is 10.1 Å². The van der Waals surface area contributed by atoms with Gasteiger partial charge in [0.2, 0.25) is 5.91 Å². The number of carbonyl (C=O) groups excluding carboxylic acids is 3. The Morgan fingerprint density at radius 3 is 2.37 bits per heavy atom. The second-order valence-electron chi connectivity index (χ2n) is 4.18. The summed E-state index contributed by atoms with van der Waals surface area (Å²) in [5.74, 6) is -0.901. The highest BCUT2D eigenvalue weighted by atomic mass is 16.5. The van der Waals surface area contributed by atoms with Crippen LogP contribution in [-0.4, -0.2) is 37.6 Å². The first-order chi connectivity index (χ1) is 9.01. The zero-order valence-corrected chi connectivity index (χ0v) is 11.9. The van der Waals surface area contributed by atoms with Crippen molar-refractivity contribution in [3.05, 3.63) is 0 Å². The molecule has 1 atom stereocenters. The largest absolute Gasteiger partial charge is 0.469 e. The van der Waals surface area contributed by atoms with Gasteiger partial charge in [-0.1, -0.05) is 12.8 Å². The average Bonchev–Trinajstić information content (AvgIpc) is 2.36. The van der Waals surface area contributed by atoms with Gasteiger partial charge in [0.05, 0.1) is 13.7 Å². The molecule has 0 fully saturated rings. The summed E-state index contributed by atoms with van der Waals surface area (Å²) in [6.07, 6.45) is 3.13. The van der Waals surface area contributed by atoms with Gasteiger partial charge in [-0.25, -0.2) is 4.79 Å². The molecule has 0 aromatic heterocycles. The lowest BCUT2D eigenvalue weighted by Gasteiger charge is -2.16. The van der Waals surface area contributed by atoms with Gasteiger partial charge in [0.1, 0.15) is 6.04 Å². The van der Waals surface area contributed by atoms with E-state index in [-0.39, 0.29) is 18.5 Å². The van der Waals surface area contributed by atoms with Crippen molar-refractivity contribution in [2.45, 2.75) is 52.0 Å². The molecule has 0 spiro atoms. The van der Waals surface area contributed by atoms with Crippen molar-refractivity contribution in [3.8, 4) is 0 Å². The van der Waals surface area contributed by atoms with E-state index in [0.29, 0.717) is 19.3 Å². The molecule has 0 aliphatic rings. The molecule has 6 heteroatoms. The van der Waals surface area contributed by atoms with Crippen molar-refractivity contribution < 1.29 is 23.9 Å². The molecule has 0 saturated carbocycles. The van der Waals surface area contributed by atoms with Gasteiger partial charge in [0.25, 0.3) is 0 Å². The molecule has 1 N–H and O–H groups in total. The number of carbonyl (C=O) groups is 3. The highest BCUT2D eigenvalue weighted by molar-refractivity contribution is 5.83. The van der Waals surface area contributed by atoms with Crippen molar-refractivity contribution >= 4 is 17.8 Å². The zero-order chi connectivity index (χ0) is 14.7. The molecule has 0 saturated heterocycles. The second-order valence-corrected chi connectivity index (χ2v) is 4.18. The molecule has 110 valence electrons. The van der Waals surface area contributed by atoms with Crippen molar-refractivity contribution in [2.24, 2.45) is 0 Å². The first kappa shape index (κ1) is 17.4. The number of esters is 2. The topological polar surface area (TPSA) is 81.7 Å². The molecule has 0 rings (SSSR count). The lowest BCUT2D eigenvalue weighted by Crippen LogP contribution is -2.40. The third kappa shape index (κ3) is 9.04. The summed E-state index contributed by atoms with van der Waals surface area (Å²) >= 11 is 0. The highest BCUT2D eigenvalue weighted by Crippen LogP contribution is 2.08. The molecular formula is C13H23NO5. The van der Waals surface area contributed by atoms with E-state index >= 15 is 0 Å². The Morgan fingerprint density at radius 1 is 1.16 bits per heavy atom. The van der Waals surface area contributed by atoms with Crippen molar-refractivity contribution in [3.63, 3.8) is 0 Å². The summed E-state index contributed by atoms with van der Waals surface area (Å²) in [6.45, 7) is 3.37. The first-order valence-electron chi connectivity index (χ1n) is 6.51. The maximum absolute atomic E-state index is 11.6. The van der Waals surface area contributed by atoms with Crippen molar-refractivity contribution in [1.29, 1.82) is 0 Å². The van der Waals surface area contributed by atoms with Crippen LogP contribution in [0.2, 0.25) is 0 Å². The molecule has 0 bridgehead atoms. The molecule has 0 heterocycles. The second kappa shape index (κ2) is 10.3. The number of nitrogens with one attached hydrogen (secondary N) is 1. The van der Waals surface area contributed by atoms with Gasteiger partial charge < -0.3 is 14.8 Å². The lowest BCUT2D eigenvalue weighted by atomic mass is 10.1. The van der Waals surface area contributed by atoms with E-state index in [1.54, 1.807) is 6.92 Å². The number of hydrogen-bond acceptors (Lipinski definition) is 5. The van der Waals surface area contributed by atoms with E-state index < -0.39 is 12.0 Å². The van der Waals surface area contributed by atoms with E-state index in [9.17, 15) is 14.4 Å². The fourth-order valence-electron chi connectivity index (χ4n) is 1.63. The molecule has 1 amide bonds. The van der Waals surface area contributed by atoms with Gasteiger partial charge in [-0.05, 0) is 19.8 Å². The van der Waals surface area contributed by atoms with E-state index in [0.717, 1.165) is 12.8 Å². The van der Waals surface area contributed by atoms with Crippen LogP contribution in [0.1, 0.15) is 46.0 Å². The summed E-state index contributed by atoms with van der Waals surface area (Å²) in [6, 6.07) is -0.601. The SMILES string of the molecule is CCOC(=O)[C@H](CCCCCC(=O)OC)NC(C)=O. The predicted octanol–water partition coefficient (Wildman–Crippen LogP) is 1.18. The molecule has 0 aromatic rings. The van der Waals surface area contributed by atoms with E-state index in [1.165, 1.54) is 14.0 Å². The normalized spacial score (nSPS) is 11.5. The van der Waals surface area contributed by atoms with Crippen LogP contribution in [0.5, 0.6) is 0 Å². The fourth-order valence-corrected chi connectivity index (χ4v) is 1.63. The molecule has 6 nitrogen and oxygen atoms in total. The van der Waals surface area contributed by atoms with Crippen LogP contribution in [-0.2, 0) is 23.9 Å². The van der Waals surface area contributed by atoms with Crippen LogP contribution in [0.25, 0.3) is 0 Å². The van der Waals surface area contributed by atoms with Crippen molar-refractivity contribution in [2.75, 3.05) is 13.7 Å². The predicted molar refractivity (Wildman–Crippen MR) is 69.3 cm³/mol. The fraction of sp³-hybridized carbons (Fsp3) is 0.769. The first-order valence-corrected chi connectivity index (χ1v) is 6.51. The summed E-state index contributed by atoms with van der Waals surface area (Å²) in [5, 5.41) is 2.57. The monoisotopic (exact) mass is 273 g/mol. The third-order valence-electron chi connectivity index (χ3n) is 2.55. The summed E-state index contributed by atoms with van der Waals surface area (Å²) in [4.78, 5) is 33.5. The molecule has 0 radical (unpaired) electrons. The Hall–Kier alpha value is -1.59. The Balaban J connectivity index is 3.95. The van der Waals surface area contributed by atoms with Gasteiger partial charge >= 0.3 is 11.9 Å². The Kier molecular flexibility index (Phi) is 9.48. The average molecular weight is 273 g/mol. The summed E-state index contributed by atoms with van der Waals surface area (Å²) in [5.41, 5.74) is 0. The van der Waals surface area contributed by atoms with Crippen LogP contribution >= 0.6 is 0 Å². The number of hydrogen-bond donors (Lipinski definition) is 1. The maximum atomic E-state index is 11.6.